The molecule has 0 saturated heterocycles. The molecule has 10 heteroatoms. The zero-order valence-corrected chi connectivity index (χ0v) is 16.5. The standard InChI is InChI=1S/C18H22N4O5S/c1-11(18(24)22-13-5-4-6-15(9-13)28(19,25)26)20-16-10-14(21-12(2)23)7-8-17(16)27-3/h4-11,20H,1-3H3,(H,21,23)(H,22,24)(H2,19,25,26)/t11-/m1/s1. The summed E-state index contributed by atoms with van der Waals surface area (Å²) in [5.74, 6) is -0.139. The minimum atomic E-state index is -3.87. The fourth-order valence-electron chi connectivity index (χ4n) is 2.40. The van der Waals surface area contributed by atoms with Gasteiger partial charge in [0.2, 0.25) is 21.8 Å². The topological polar surface area (TPSA) is 140 Å². The maximum atomic E-state index is 12.5. The van der Waals surface area contributed by atoms with Crippen molar-refractivity contribution >= 4 is 38.9 Å². The van der Waals surface area contributed by atoms with E-state index >= 15 is 0 Å². The summed E-state index contributed by atoms with van der Waals surface area (Å²) in [7, 11) is -2.38. The first-order valence-corrected chi connectivity index (χ1v) is 9.80. The van der Waals surface area contributed by atoms with Gasteiger partial charge in [-0.2, -0.15) is 0 Å². The van der Waals surface area contributed by atoms with Crippen LogP contribution in [0.5, 0.6) is 5.75 Å². The molecule has 2 aromatic carbocycles. The predicted octanol–water partition coefficient (Wildman–Crippen LogP) is 1.74. The Morgan fingerprint density at radius 3 is 2.36 bits per heavy atom. The highest BCUT2D eigenvalue weighted by atomic mass is 32.2. The molecular formula is C18H22N4O5S. The Hall–Kier alpha value is -3.11. The monoisotopic (exact) mass is 406 g/mol. The minimum Gasteiger partial charge on any atom is -0.495 e. The van der Waals surface area contributed by atoms with E-state index < -0.39 is 22.0 Å². The van der Waals surface area contributed by atoms with Gasteiger partial charge in [0, 0.05) is 18.3 Å². The van der Waals surface area contributed by atoms with Crippen molar-refractivity contribution in [2.75, 3.05) is 23.1 Å². The van der Waals surface area contributed by atoms with E-state index in [2.05, 4.69) is 16.0 Å². The van der Waals surface area contributed by atoms with Crippen LogP contribution in [-0.4, -0.2) is 33.4 Å². The molecule has 0 aliphatic heterocycles. The number of carbonyl (C=O) groups excluding carboxylic acids is 2. The van der Waals surface area contributed by atoms with Gasteiger partial charge in [0.05, 0.1) is 17.7 Å². The Kier molecular flexibility index (Phi) is 6.60. The largest absolute Gasteiger partial charge is 0.495 e. The number of anilines is 3. The fraction of sp³-hybridized carbons (Fsp3) is 0.222. The summed E-state index contributed by atoms with van der Waals surface area (Å²) in [6.07, 6.45) is 0. The molecule has 0 aliphatic rings. The molecular weight excluding hydrogens is 384 g/mol. The van der Waals surface area contributed by atoms with Crippen molar-refractivity contribution in [1.29, 1.82) is 0 Å². The maximum Gasteiger partial charge on any atom is 0.246 e. The highest BCUT2D eigenvalue weighted by molar-refractivity contribution is 7.89. The number of hydrogen-bond acceptors (Lipinski definition) is 6. The number of rotatable bonds is 7. The lowest BCUT2D eigenvalue weighted by Crippen LogP contribution is -2.32. The second-order valence-corrected chi connectivity index (χ2v) is 7.59. The smallest absolute Gasteiger partial charge is 0.246 e. The van der Waals surface area contributed by atoms with E-state index in [1.807, 2.05) is 0 Å². The number of benzene rings is 2. The zero-order valence-electron chi connectivity index (χ0n) is 15.6. The van der Waals surface area contributed by atoms with Crippen molar-refractivity contribution in [3.8, 4) is 5.75 Å². The average Bonchev–Trinajstić information content (AvgIpc) is 2.61. The zero-order chi connectivity index (χ0) is 20.9. The molecule has 0 spiro atoms. The molecule has 2 rings (SSSR count). The summed E-state index contributed by atoms with van der Waals surface area (Å²) >= 11 is 0. The van der Waals surface area contributed by atoms with Crippen molar-refractivity contribution in [3.63, 3.8) is 0 Å². The van der Waals surface area contributed by atoms with Gasteiger partial charge in [-0.15, -0.1) is 0 Å². The van der Waals surface area contributed by atoms with Crippen LogP contribution in [0.1, 0.15) is 13.8 Å². The van der Waals surface area contributed by atoms with Gasteiger partial charge in [0.1, 0.15) is 11.8 Å². The Morgan fingerprint density at radius 1 is 1.07 bits per heavy atom. The van der Waals surface area contributed by atoms with Crippen LogP contribution >= 0.6 is 0 Å². The molecule has 2 aromatic rings. The van der Waals surface area contributed by atoms with Crippen LogP contribution in [0.2, 0.25) is 0 Å². The molecule has 150 valence electrons. The maximum absolute atomic E-state index is 12.5. The lowest BCUT2D eigenvalue weighted by Gasteiger charge is -2.18. The van der Waals surface area contributed by atoms with Gasteiger partial charge >= 0.3 is 0 Å². The highest BCUT2D eigenvalue weighted by Gasteiger charge is 2.17. The molecule has 0 aromatic heterocycles. The summed E-state index contributed by atoms with van der Waals surface area (Å²) < 4.78 is 28.1. The summed E-state index contributed by atoms with van der Waals surface area (Å²) in [6.45, 7) is 3.02. The molecule has 28 heavy (non-hydrogen) atoms. The van der Waals surface area contributed by atoms with Crippen LogP contribution in [-0.2, 0) is 19.6 Å². The predicted molar refractivity (Wildman–Crippen MR) is 107 cm³/mol. The van der Waals surface area contributed by atoms with E-state index in [1.165, 1.54) is 32.2 Å². The second kappa shape index (κ2) is 8.72. The van der Waals surface area contributed by atoms with E-state index in [0.717, 1.165) is 0 Å². The number of nitrogens with two attached hydrogens (primary N) is 1. The number of methoxy groups -OCH3 is 1. The molecule has 0 heterocycles. The number of primary sulfonamides is 1. The first-order valence-electron chi connectivity index (χ1n) is 8.26. The van der Waals surface area contributed by atoms with Gasteiger partial charge in [-0.1, -0.05) is 6.07 Å². The van der Waals surface area contributed by atoms with Crippen LogP contribution in [0, 0.1) is 0 Å². The van der Waals surface area contributed by atoms with Crippen molar-refractivity contribution < 1.29 is 22.7 Å². The lowest BCUT2D eigenvalue weighted by molar-refractivity contribution is -0.116. The van der Waals surface area contributed by atoms with Crippen LogP contribution in [0.4, 0.5) is 17.1 Å². The van der Waals surface area contributed by atoms with Crippen molar-refractivity contribution in [2.45, 2.75) is 24.8 Å². The molecule has 0 fully saturated rings. The number of carbonyl (C=O) groups is 2. The van der Waals surface area contributed by atoms with Crippen molar-refractivity contribution in [1.82, 2.24) is 0 Å². The van der Waals surface area contributed by atoms with Crippen LogP contribution in [0.3, 0.4) is 0 Å². The van der Waals surface area contributed by atoms with E-state index in [9.17, 15) is 18.0 Å². The van der Waals surface area contributed by atoms with Crippen molar-refractivity contribution in [3.05, 3.63) is 42.5 Å². The summed E-state index contributed by atoms with van der Waals surface area (Å²) in [5, 5.41) is 13.4. The Labute approximate surface area is 163 Å². The molecule has 2 amide bonds. The van der Waals surface area contributed by atoms with E-state index in [0.29, 0.717) is 22.8 Å². The first-order chi connectivity index (χ1) is 13.1. The van der Waals surface area contributed by atoms with Gasteiger partial charge in [-0.25, -0.2) is 13.6 Å². The molecule has 0 radical (unpaired) electrons. The van der Waals surface area contributed by atoms with Crippen LogP contribution in [0.15, 0.2) is 47.4 Å². The average molecular weight is 406 g/mol. The summed E-state index contributed by atoms with van der Waals surface area (Å²) in [6, 6.07) is 9.93. The summed E-state index contributed by atoms with van der Waals surface area (Å²) in [4.78, 5) is 23.6. The highest BCUT2D eigenvalue weighted by Crippen LogP contribution is 2.28. The third-order valence-corrected chi connectivity index (χ3v) is 4.63. The number of amides is 2. The molecule has 0 saturated carbocycles. The molecule has 0 aliphatic carbocycles. The van der Waals surface area contributed by atoms with E-state index in [-0.39, 0.29) is 10.8 Å². The van der Waals surface area contributed by atoms with Gasteiger partial charge < -0.3 is 20.7 Å². The third-order valence-electron chi connectivity index (χ3n) is 3.72. The number of sulfonamides is 1. The van der Waals surface area contributed by atoms with Gasteiger partial charge in [-0.3, -0.25) is 9.59 Å². The molecule has 1 atom stereocenters. The number of ether oxygens (including phenoxy) is 1. The summed E-state index contributed by atoms with van der Waals surface area (Å²) in [5.41, 5.74) is 1.35. The number of nitrogens with one attached hydrogen (secondary N) is 3. The van der Waals surface area contributed by atoms with Crippen LogP contribution in [0.25, 0.3) is 0 Å². The minimum absolute atomic E-state index is 0.101. The molecule has 0 bridgehead atoms. The SMILES string of the molecule is COc1ccc(NC(C)=O)cc1N[C@H](C)C(=O)Nc1cccc(S(N)(=O)=O)c1. The number of hydrogen-bond donors (Lipinski definition) is 4. The van der Waals surface area contributed by atoms with E-state index in [1.54, 1.807) is 31.2 Å². The van der Waals surface area contributed by atoms with Gasteiger partial charge in [-0.05, 0) is 43.3 Å². The molecule has 0 unspecified atom stereocenters. The van der Waals surface area contributed by atoms with Crippen molar-refractivity contribution in [2.24, 2.45) is 5.14 Å². The van der Waals surface area contributed by atoms with E-state index in [4.69, 9.17) is 9.88 Å². The third kappa shape index (κ3) is 5.69. The lowest BCUT2D eigenvalue weighted by atomic mass is 10.2. The van der Waals surface area contributed by atoms with Gasteiger partial charge in [0.15, 0.2) is 0 Å². The first kappa shape index (κ1) is 21.2. The quantitative estimate of drug-likeness (QED) is 0.552. The Morgan fingerprint density at radius 2 is 1.75 bits per heavy atom. The second-order valence-electron chi connectivity index (χ2n) is 6.02. The fourth-order valence-corrected chi connectivity index (χ4v) is 2.96. The molecule has 9 nitrogen and oxygen atoms in total. The van der Waals surface area contributed by atoms with Gasteiger partial charge in [0.25, 0.3) is 0 Å². The molecule has 5 N–H and O–H groups in total. The normalized spacial score (nSPS) is 12.0. The Bertz CT molecular complexity index is 991. The Balaban J connectivity index is 2.15. The van der Waals surface area contributed by atoms with Crippen LogP contribution < -0.4 is 25.8 Å².